The third-order valence-corrected chi connectivity index (χ3v) is 3.79. The third kappa shape index (κ3) is 4.00. The highest BCUT2D eigenvalue weighted by atomic mass is 32.2. The summed E-state index contributed by atoms with van der Waals surface area (Å²) in [6.07, 6.45) is 2.07. The van der Waals surface area contributed by atoms with Crippen molar-refractivity contribution in [2.75, 3.05) is 11.5 Å². The molecule has 0 aromatic heterocycles. The minimum absolute atomic E-state index is 0.0609. The van der Waals surface area contributed by atoms with Crippen molar-refractivity contribution in [3.05, 3.63) is 0 Å². The smallest absolute Gasteiger partial charge is 0.303 e. The summed E-state index contributed by atoms with van der Waals surface area (Å²) in [4.78, 5) is 10.5. The van der Waals surface area contributed by atoms with Gasteiger partial charge in [-0.15, -0.1) is 0 Å². The molecule has 0 radical (unpaired) electrons. The van der Waals surface area contributed by atoms with Crippen molar-refractivity contribution in [1.82, 2.24) is 0 Å². The molecule has 0 amide bonds. The van der Waals surface area contributed by atoms with Gasteiger partial charge in [0.2, 0.25) is 0 Å². The lowest BCUT2D eigenvalue weighted by Gasteiger charge is -2.12. The highest BCUT2D eigenvalue weighted by Crippen LogP contribution is 2.50. The second kappa shape index (κ2) is 4.33. The first-order valence-corrected chi connectivity index (χ1v) is 5.67. The van der Waals surface area contributed by atoms with Crippen LogP contribution >= 0.6 is 11.8 Å². The Morgan fingerprint density at radius 3 is 2.62 bits per heavy atom. The van der Waals surface area contributed by atoms with E-state index in [0.717, 1.165) is 18.6 Å². The van der Waals surface area contributed by atoms with Crippen LogP contribution in [0.15, 0.2) is 0 Å². The van der Waals surface area contributed by atoms with E-state index >= 15 is 0 Å². The molecule has 1 aliphatic carbocycles. The van der Waals surface area contributed by atoms with E-state index in [0.29, 0.717) is 12.2 Å². The molecule has 0 aromatic rings. The van der Waals surface area contributed by atoms with Crippen LogP contribution in [0.4, 0.5) is 0 Å². The standard InChI is InChI=1S/C9H16O3S/c1-7(10)5-13-6-9(2-3-9)4-8(11)12/h7,10H,2-6H2,1H3,(H,11,12). The lowest BCUT2D eigenvalue weighted by atomic mass is 10.1. The van der Waals surface area contributed by atoms with Crippen molar-refractivity contribution in [2.45, 2.75) is 32.3 Å². The molecule has 0 heterocycles. The number of carboxylic acids is 1. The summed E-state index contributed by atoms with van der Waals surface area (Å²) >= 11 is 1.66. The van der Waals surface area contributed by atoms with Crippen LogP contribution in [0.5, 0.6) is 0 Å². The van der Waals surface area contributed by atoms with E-state index in [4.69, 9.17) is 10.2 Å². The molecule has 0 bridgehead atoms. The maximum Gasteiger partial charge on any atom is 0.303 e. The van der Waals surface area contributed by atoms with Gasteiger partial charge in [-0.2, -0.15) is 11.8 Å². The predicted molar refractivity (Wildman–Crippen MR) is 52.9 cm³/mol. The molecule has 1 rings (SSSR count). The maximum atomic E-state index is 10.5. The molecule has 1 aliphatic rings. The highest BCUT2D eigenvalue weighted by Gasteiger charge is 2.43. The predicted octanol–water partition coefficient (Wildman–Crippen LogP) is 1.36. The number of carbonyl (C=O) groups is 1. The molecule has 76 valence electrons. The van der Waals surface area contributed by atoms with E-state index < -0.39 is 5.97 Å². The zero-order chi connectivity index (χ0) is 9.90. The summed E-state index contributed by atoms with van der Waals surface area (Å²) in [5.41, 5.74) is 0.0609. The highest BCUT2D eigenvalue weighted by molar-refractivity contribution is 7.99. The van der Waals surface area contributed by atoms with E-state index in [1.54, 1.807) is 18.7 Å². The normalized spacial score (nSPS) is 21.1. The first-order valence-electron chi connectivity index (χ1n) is 4.52. The van der Waals surface area contributed by atoms with Gasteiger partial charge in [-0.25, -0.2) is 0 Å². The van der Waals surface area contributed by atoms with Crippen LogP contribution in [-0.2, 0) is 4.79 Å². The molecule has 0 saturated heterocycles. The summed E-state index contributed by atoms with van der Waals surface area (Å²) in [5.74, 6) is 0.890. The Morgan fingerprint density at radius 2 is 2.23 bits per heavy atom. The van der Waals surface area contributed by atoms with Gasteiger partial charge in [0.15, 0.2) is 0 Å². The van der Waals surface area contributed by atoms with Crippen LogP contribution in [-0.4, -0.2) is 33.8 Å². The minimum atomic E-state index is -0.699. The van der Waals surface area contributed by atoms with Crippen molar-refractivity contribution in [2.24, 2.45) is 5.41 Å². The van der Waals surface area contributed by atoms with Crippen molar-refractivity contribution in [3.8, 4) is 0 Å². The molecule has 0 aliphatic heterocycles. The number of aliphatic hydroxyl groups is 1. The van der Waals surface area contributed by atoms with Crippen molar-refractivity contribution < 1.29 is 15.0 Å². The summed E-state index contributed by atoms with van der Waals surface area (Å²) in [7, 11) is 0. The number of aliphatic hydroxyl groups excluding tert-OH is 1. The number of hydrogen-bond acceptors (Lipinski definition) is 3. The Hall–Kier alpha value is -0.220. The Labute approximate surface area is 82.5 Å². The van der Waals surface area contributed by atoms with Crippen LogP contribution < -0.4 is 0 Å². The quantitative estimate of drug-likeness (QED) is 0.686. The zero-order valence-corrected chi connectivity index (χ0v) is 8.64. The summed E-state index contributed by atoms with van der Waals surface area (Å²) in [6, 6.07) is 0. The molecule has 1 saturated carbocycles. The first-order chi connectivity index (χ1) is 6.04. The largest absolute Gasteiger partial charge is 0.481 e. The molecule has 1 unspecified atom stereocenters. The van der Waals surface area contributed by atoms with Gasteiger partial charge in [0.25, 0.3) is 0 Å². The van der Waals surface area contributed by atoms with Crippen molar-refractivity contribution in [1.29, 1.82) is 0 Å². The third-order valence-electron chi connectivity index (χ3n) is 2.25. The zero-order valence-electron chi connectivity index (χ0n) is 7.82. The number of carboxylic acid groups (broad SMARTS) is 1. The lowest BCUT2D eigenvalue weighted by molar-refractivity contribution is -0.138. The Kier molecular flexibility index (Phi) is 3.62. The second-order valence-electron chi connectivity index (χ2n) is 3.93. The van der Waals surface area contributed by atoms with Crippen LogP contribution in [0.1, 0.15) is 26.2 Å². The molecule has 2 N–H and O–H groups in total. The van der Waals surface area contributed by atoms with E-state index in [1.807, 2.05) is 0 Å². The fourth-order valence-electron chi connectivity index (χ4n) is 1.32. The molecule has 0 spiro atoms. The topological polar surface area (TPSA) is 57.5 Å². The monoisotopic (exact) mass is 204 g/mol. The van der Waals surface area contributed by atoms with E-state index in [2.05, 4.69) is 0 Å². The molecule has 3 nitrogen and oxygen atoms in total. The van der Waals surface area contributed by atoms with Gasteiger partial charge < -0.3 is 10.2 Å². The number of thioether (sulfide) groups is 1. The van der Waals surface area contributed by atoms with Gasteiger partial charge in [-0.1, -0.05) is 0 Å². The van der Waals surface area contributed by atoms with Gasteiger partial charge in [0, 0.05) is 5.75 Å². The number of hydrogen-bond donors (Lipinski definition) is 2. The molecular weight excluding hydrogens is 188 g/mol. The fourth-order valence-corrected chi connectivity index (χ4v) is 2.60. The Bertz CT molecular complexity index is 187. The SMILES string of the molecule is CC(O)CSCC1(CC(=O)O)CC1. The first kappa shape index (κ1) is 10.9. The van der Waals surface area contributed by atoms with Gasteiger partial charge in [-0.3, -0.25) is 4.79 Å². The molecule has 0 aromatic carbocycles. The summed E-state index contributed by atoms with van der Waals surface area (Å²) < 4.78 is 0. The summed E-state index contributed by atoms with van der Waals surface area (Å²) in [5, 5.41) is 17.7. The molecule has 13 heavy (non-hydrogen) atoms. The molecule has 4 heteroatoms. The van der Waals surface area contributed by atoms with Crippen molar-refractivity contribution in [3.63, 3.8) is 0 Å². The molecule has 1 fully saturated rings. The van der Waals surface area contributed by atoms with E-state index in [-0.39, 0.29) is 11.5 Å². The van der Waals surface area contributed by atoms with Gasteiger partial charge >= 0.3 is 5.97 Å². The van der Waals surface area contributed by atoms with E-state index in [9.17, 15) is 4.79 Å². The Morgan fingerprint density at radius 1 is 1.62 bits per heavy atom. The van der Waals surface area contributed by atoms with Gasteiger partial charge in [0.1, 0.15) is 0 Å². The lowest BCUT2D eigenvalue weighted by Crippen LogP contribution is -2.13. The van der Waals surface area contributed by atoms with Crippen LogP contribution in [0.25, 0.3) is 0 Å². The van der Waals surface area contributed by atoms with Gasteiger partial charge in [0.05, 0.1) is 12.5 Å². The van der Waals surface area contributed by atoms with Crippen molar-refractivity contribution >= 4 is 17.7 Å². The number of aliphatic carboxylic acids is 1. The van der Waals surface area contributed by atoms with Gasteiger partial charge in [-0.05, 0) is 30.9 Å². The maximum absolute atomic E-state index is 10.5. The average Bonchev–Trinajstić information content (AvgIpc) is 2.66. The Balaban J connectivity index is 2.16. The average molecular weight is 204 g/mol. The minimum Gasteiger partial charge on any atom is -0.481 e. The van der Waals surface area contributed by atoms with Crippen LogP contribution in [0, 0.1) is 5.41 Å². The van der Waals surface area contributed by atoms with Crippen LogP contribution in [0.3, 0.4) is 0 Å². The van der Waals surface area contributed by atoms with Crippen LogP contribution in [0.2, 0.25) is 0 Å². The number of rotatable bonds is 6. The molecule has 1 atom stereocenters. The second-order valence-corrected chi connectivity index (χ2v) is 4.96. The fraction of sp³-hybridized carbons (Fsp3) is 0.889. The molecular formula is C9H16O3S. The van der Waals surface area contributed by atoms with E-state index in [1.165, 1.54) is 0 Å². The summed E-state index contributed by atoms with van der Waals surface area (Å²) in [6.45, 7) is 1.75.